The molecule has 0 saturated heterocycles. The SMILES string of the molecule is C[Si]C(Cl)(Cl)NC(C)=O. The van der Waals surface area contributed by atoms with Crippen LogP contribution in [-0.2, 0) is 4.79 Å². The lowest BCUT2D eigenvalue weighted by Crippen LogP contribution is -2.41. The van der Waals surface area contributed by atoms with Gasteiger partial charge in [-0.1, -0.05) is 29.7 Å². The molecule has 0 spiro atoms. The van der Waals surface area contributed by atoms with Crippen LogP contribution in [0.2, 0.25) is 6.55 Å². The third-order valence-electron chi connectivity index (χ3n) is 0.647. The zero-order chi connectivity index (χ0) is 7.49. The highest BCUT2D eigenvalue weighted by atomic mass is 35.5. The normalized spacial score (nSPS) is 11.1. The molecule has 0 aliphatic heterocycles. The topological polar surface area (TPSA) is 29.1 Å². The van der Waals surface area contributed by atoms with Gasteiger partial charge in [0.05, 0.1) is 0 Å². The Morgan fingerprint density at radius 2 is 2.11 bits per heavy atom. The second kappa shape index (κ2) is 3.44. The molecule has 2 nitrogen and oxygen atoms in total. The summed E-state index contributed by atoms with van der Waals surface area (Å²) in [5, 5.41) is 2.37. The largest absolute Gasteiger partial charge is 0.329 e. The van der Waals surface area contributed by atoms with Gasteiger partial charge in [0.15, 0.2) is 4.08 Å². The van der Waals surface area contributed by atoms with Crippen LogP contribution in [0.5, 0.6) is 0 Å². The molecule has 9 heavy (non-hydrogen) atoms. The smallest absolute Gasteiger partial charge is 0.218 e. The maximum atomic E-state index is 10.3. The zero-order valence-electron chi connectivity index (χ0n) is 5.16. The third kappa shape index (κ3) is 4.75. The Bertz CT molecular complexity index is 117. The van der Waals surface area contributed by atoms with Gasteiger partial charge in [-0.25, -0.2) is 0 Å². The molecule has 0 rings (SSSR count). The first-order valence-corrected chi connectivity index (χ1v) is 4.59. The average molecular weight is 184 g/mol. The van der Waals surface area contributed by atoms with Gasteiger partial charge in [-0.15, -0.1) is 0 Å². The second-order valence-corrected chi connectivity index (χ2v) is 4.72. The Labute approximate surface area is 66.7 Å². The molecule has 0 fully saturated rings. The van der Waals surface area contributed by atoms with Gasteiger partial charge in [-0.05, 0) is 0 Å². The van der Waals surface area contributed by atoms with Crippen LogP contribution in [0.25, 0.3) is 0 Å². The first-order chi connectivity index (χ1) is 3.98. The summed E-state index contributed by atoms with van der Waals surface area (Å²) in [6.07, 6.45) is 0. The highest BCUT2D eigenvalue weighted by molar-refractivity contribution is 6.72. The Balaban J connectivity index is 3.71. The summed E-state index contributed by atoms with van der Waals surface area (Å²) in [4.78, 5) is 10.3. The lowest BCUT2D eigenvalue weighted by Gasteiger charge is -2.16. The average Bonchev–Trinajstić information content (AvgIpc) is 1.63. The van der Waals surface area contributed by atoms with Gasteiger partial charge < -0.3 is 5.32 Å². The van der Waals surface area contributed by atoms with Crippen molar-refractivity contribution in [1.29, 1.82) is 0 Å². The molecule has 5 heteroatoms. The first kappa shape index (κ1) is 9.27. The number of rotatable bonds is 2. The summed E-state index contributed by atoms with van der Waals surface area (Å²) in [6.45, 7) is 3.19. The van der Waals surface area contributed by atoms with E-state index in [9.17, 15) is 4.79 Å². The van der Waals surface area contributed by atoms with Gasteiger partial charge in [0.1, 0.15) is 9.52 Å². The molecular weight excluding hydrogens is 177 g/mol. The van der Waals surface area contributed by atoms with E-state index in [-0.39, 0.29) is 15.4 Å². The molecule has 1 amide bonds. The van der Waals surface area contributed by atoms with E-state index < -0.39 is 4.08 Å². The fraction of sp³-hybridized carbons (Fsp3) is 0.750. The van der Waals surface area contributed by atoms with Crippen molar-refractivity contribution in [2.24, 2.45) is 0 Å². The van der Waals surface area contributed by atoms with Crippen molar-refractivity contribution in [3.05, 3.63) is 0 Å². The van der Waals surface area contributed by atoms with Gasteiger partial charge in [0.2, 0.25) is 5.91 Å². The van der Waals surface area contributed by atoms with Gasteiger partial charge in [0, 0.05) is 6.92 Å². The minimum Gasteiger partial charge on any atom is -0.329 e. The highest BCUT2D eigenvalue weighted by Gasteiger charge is 2.21. The van der Waals surface area contributed by atoms with Crippen LogP contribution in [-0.4, -0.2) is 19.5 Å². The van der Waals surface area contributed by atoms with E-state index in [1.54, 1.807) is 0 Å². The van der Waals surface area contributed by atoms with Crippen LogP contribution in [0.15, 0.2) is 0 Å². The van der Waals surface area contributed by atoms with E-state index in [0.29, 0.717) is 0 Å². The zero-order valence-corrected chi connectivity index (χ0v) is 7.68. The predicted octanol–water partition coefficient (Wildman–Crippen LogP) is 0.964. The predicted molar refractivity (Wildman–Crippen MR) is 39.9 cm³/mol. The molecule has 0 aliphatic rings. The lowest BCUT2D eigenvalue weighted by atomic mass is 10.7. The summed E-state index contributed by atoms with van der Waals surface area (Å²) < 4.78 is -1.06. The van der Waals surface area contributed by atoms with Gasteiger partial charge >= 0.3 is 0 Å². The van der Waals surface area contributed by atoms with Crippen molar-refractivity contribution in [3.8, 4) is 0 Å². The Morgan fingerprint density at radius 1 is 1.67 bits per heavy atom. The molecule has 52 valence electrons. The number of nitrogens with one attached hydrogen (secondary N) is 1. The number of halogens is 2. The summed E-state index contributed by atoms with van der Waals surface area (Å²) in [5.74, 6) is -0.214. The monoisotopic (exact) mass is 183 g/mol. The molecule has 0 bridgehead atoms. The lowest BCUT2D eigenvalue weighted by molar-refractivity contribution is -0.119. The van der Waals surface area contributed by atoms with Crippen molar-refractivity contribution in [3.63, 3.8) is 0 Å². The van der Waals surface area contributed by atoms with Crippen molar-refractivity contribution >= 4 is 38.6 Å². The molecule has 0 unspecified atom stereocenters. The summed E-state index contributed by atoms with van der Waals surface area (Å²) in [6, 6.07) is 0. The fourth-order valence-corrected chi connectivity index (χ4v) is 0.851. The maximum absolute atomic E-state index is 10.3. The molecule has 0 aliphatic carbocycles. The van der Waals surface area contributed by atoms with Crippen LogP contribution in [0.4, 0.5) is 0 Å². The molecule has 0 aromatic heterocycles. The first-order valence-electron chi connectivity index (χ1n) is 2.33. The van der Waals surface area contributed by atoms with E-state index in [0.717, 1.165) is 0 Å². The Morgan fingerprint density at radius 3 is 2.22 bits per heavy atom. The maximum Gasteiger partial charge on any atom is 0.218 e. The Kier molecular flexibility index (Phi) is 3.54. The number of carbonyl (C=O) groups is 1. The summed E-state index contributed by atoms with van der Waals surface area (Å²) in [5.41, 5.74) is 0. The van der Waals surface area contributed by atoms with Crippen LogP contribution in [0.3, 0.4) is 0 Å². The van der Waals surface area contributed by atoms with E-state index in [1.807, 2.05) is 6.55 Å². The molecular formula is C4H7Cl2NOSi. The van der Waals surface area contributed by atoms with Crippen molar-refractivity contribution in [1.82, 2.24) is 5.32 Å². The highest BCUT2D eigenvalue weighted by Crippen LogP contribution is 2.13. The number of carbonyl (C=O) groups excluding carboxylic acids is 1. The van der Waals surface area contributed by atoms with Crippen LogP contribution < -0.4 is 5.32 Å². The molecule has 0 heterocycles. The number of amides is 1. The van der Waals surface area contributed by atoms with Crippen LogP contribution in [0, 0.1) is 0 Å². The third-order valence-corrected chi connectivity index (χ3v) is 2.72. The van der Waals surface area contributed by atoms with Gasteiger partial charge in [0.25, 0.3) is 0 Å². The standard InChI is InChI=1S/C4H7Cl2NOSi/c1-3(8)7-4(5,6)9-2/h1-2H3,(H,7,8). The van der Waals surface area contributed by atoms with Crippen molar-refractivity contribution in [2.75, 3.05) is 0 Å². The minimum atomic E-state index is -1.06. The van der Waals surface area contributed by atoms with Crippen LogP contribution in [0.1, 0.15) is 6.92 Å². The second-order valence-electron chi connectivity index (χ2n) is 1.51. The van der Waals surface area contributed by atoms with Crippen molar-refractivity contribution < 1.29 is 4.79 Å². The summed E-state index contributed by atoms with van der Waals surface area (Å²) >= 11 is 11.1. The number of hydrogen-bond donors (Lipinski definition) is 1. The van der Waals surface area contributed by atoms with E-state index in [2.05, 4.69) is 5.32 Å². The molecule has 0 atom stereocenters. The number of alkyl halides is 2. The molecule has 0 saturated carbocycles. The molecule has 0 aromatic rings. The molecule has 2 radical (unpaired) electrons. The molecule has 0 aromatic carbocycles. The quantitative estimate of drug-likeness (QED) is 0.386. The van der Waals surface area contributed by atoms with Gasteiger partial charge in [-0.2, -0.15) is 0 Å². The van der Waals surface area contributed by atoms with Gasteiger partial charge in [-0.3, -0.25) is 4.79 Å². The van der Waals surface area contributed by atoms with E-state index in [4.69, 9.17) is 23.2 Å². The fourth-order valence-electron chi connectivity index (χ4n) is 0.284. The molecule has 1 N–H and O–H groups in total. The van der Waals surface area contributed by atoms with Crippen molar-refractivity contribution in [2.45, 2.75) is 17.6 Å². The van der Waals surface area contributed by atoms with E-state index in [1.165, 1.54) is 6.92 Å². The number of hydrogen-bond acceptors (Lipinski definition) is 1. The van der Waals surface area contributed by atoms with Crippen LogP contribution >= 0.6 is 23.2 Å². The van der Waals surface area contributed by atoms with E-state index >= 15 is 0 Å². The summed E-state index contributed by atoms with van der Waals surface area (Å²) in [7, 11) is 0.276. The minimum absolute atomic E-state index is 0.214. The Hall–Kier alpha value is 0.267.